The minimum absolute atomic E-state index is 0.216. The summed E-state index contributed by atoms with van der Waals surface area (Å²) in [6, 6.07) is 9.21. The fourth-order valence-corrected chi connectivity index (χ4v) is 5.31. The fraction of sp³-hybridized carbons (Fsp3) is 0.407. The highest BCUT2D eigenvalue weighted by Gasteiger charge is 2.41. The van der Waals surface area contributed by atoms with Crippen LogP contribution in [0.3, 0.4) is 0 Å². The molecule has 3 heterocycles. The molecular formula is C27H29FN2O4S. The normalized spacial score (nSPS) is 16.4. The van der Waals surface area contributed by atoms with Gasteiger partial charge in [0.25, 0.3) is 0 Å². The Hall–Kier alpha value is -2.99. The summed E-state index contributed by atoms with van der Waals surface area (Å²) in [5.41, 5.74) is 0.469. The summed E-state index contributed by atoms with van der Waals surface area (Å²) in [6.07, 6.45) is 1.92. The van der Waals surface area contributed by atoms with Gasteiger partial charge < -0.3 is 14.9 Å². The molecule has 1 aliphatic rings. The maximum Gasteiger partial charge on any atom is 0.309 e. The molecule has 0 saturated carbocycles. The van der Waals surface area contributed by atoms with Gasteiger partial charge in [-0.15, -0.1) is 11.3 Å². The van der Waals surface area contributed by atoms with Gasteiger partial charge in [-0.25, -0.2) is 4.39 Å². The van der Waals surface area contributed by atoms with Crippen LogP contribution >= 0.6 is 11.3 Å². The second kappa shape index (κ2) is 11.2. The first-order chi connectivity index (χ1) is 17.0. The Labute approximate surface area is 208 Å². The number of benzene rings is 1. The number of pyridine rings is 1. The molecule has 1 saturated heterocycles. The third-order valence-electron chi connectivity index (χ3n) is 6.88. The number of aliphatic carboxylic acids is 1. The van der Waals surface area contributed by atoms with E-state index in [1.54, 1.807) is 36.6 Å². The Morgan fingerprint density at radius 2 is 2.14 bits per heavy atom. The second-order valence-corrected chi connectivity index (χ2v) is 9.86. The number of hydrogen-bond acceptors (Lipinski definition) is 6. The van der Waals surface area contributed by atoms with Gasteiger partial charge >= 0.3 is 5.97 Å². The lowest BCUT2D eigenvalue weighted by Crippen LogP contribution is -2.44. The van der Waals surface area contributed by atoms with Gasteiger partial charge in [-0.3, -0.25) is 14.7 Å². The third kappa shape index (κ3) is 5.64. The van der Waals surface area contributed by atoms with Gasteiger partial charge in [-0.05, 0) is 60.9 Å². The molecular weight excluding hydrogens is 467 g/mol. The number of alkyl halides is 1. The van der Waals surface area contributed by atoms with Crippen LogP contribution in [-0.4, -0.2) is 52.8 Å². The molecule has 8 heteroatoms. The van der Waals surface area contributed by atoms with Crippen LogP contribution in [0.4, 0.5) is 4.39 Å². The lowest BCUT2D eigenvalue weighted by molar-refractivity contribution is -0.153. The number of carboxylic acid groups (broad SMARTS) is 1. The zero-order valence-electron chi connectivity index (χ0n) is 19.7. The fourth-order valence-electron chi connectivity index (χ4n) is 4.72. The Bertz CT molecular complexity index is 1220. The molecule has 0 radical (unpaired) electrons. The molecule has 1 unspecified atom stereocenters. The summed E-state index contributed by atoms with van der Waals surface area (Å²) in [6.45, 7) is 1.10. The summed E-state index contributed by atoms with van der Waals surface area (Å²) >= 11 is 1.60. The van der Waals surface area contributed by atoms with Gasteiger partial charge in [0.05, 0.1) is 35.6 Å². The highest BCUT2D eigenvalue weighted by molar-refractivity contribution is 7.10. The molecule has 0 bridgehead atoms. The van der Waals surface area contributed by atoms with Crippen LogP contribution in [0.5, 0.6) is 5.75 Å². The van der Waals surface area contributed by atoms with Crippen molar-refractivity contribution < 1.29 is 24.1 Å². The van der Waals surface area contributed by atoms with E-state index in [1.807, 2.05) is 17.5 Å². The summed E-state index contributed by atoms with van der Waals surface area (Å²) in [5.74, 6) is 6.05. The van der Waals surface area contributed by atoms with Crippen molar-refractivity contribution >= 4 is 28.2 Å². The van der Waals surface area contributed by atoms with Crippen molar-refractivity contribution in [3.05, 3.63) is 57.9 Å². The van der Waals surface area contributed by atoms with Crippen molar-refractivity contribution in [2.45, 2.75) is 38.5 Å². The smallest absolute Gasteiger partial charge is 0.309 e. The Morgan fingerprint density at radius 3 is 2.80 bits per heavy atom. The van der Waals surface area contributed by atoms with Gasteiger partial charge in [-0.1, -0.05) is 17.9 Å². The molecule has 2 N–H and O–H groups in total. The van der Waals surface area contributed by atoms with Crippen molar-refractivity contribution in [3.8, 4) is 17.6 Å². The van der Waals surface area contributed by atoms with E-state index in [-0.39, 0.29) is 6.42 Å². The summed E-state index contributed by atoms with van der Waals surface area (Å²) < 4.78 is 19.1. The molecule has 1 atom stereocenters. The minimum Gasteiger partial charge on any atom is -0.497 e. The molecule has 0 aliphatic carbocycles. The number of aromatic nitrogens is 1. The zero-order chi connectivity index (χ0) is 24.8. The number of ether oxygens (including phenoxy) is 1. The van der Waals surface area contributed by atoms with Crippen molar-refractivity contribution in [1.29, 1.82) is 0 Å². The number of halogens is 1. The standard InChI is InChI=1S/C27H29FN2O4S/c1-34-20-6-7-23-22(16-20)25(19(17-28)18-29-23)24(31)8-9-27(26(32)33)10-13-30(14-11-27)12-2-4-21-5-3-15-35-21/h3,5-7,15-16,18,24,31H,8-14,17H2,1H3,(H,32,33). The average molecular weight is 497 g/mol. The first-order valence-corrected chi connectivity index (χ1v) is 12.5. The number of rotatable bonds is 8. The number of carbonyl (C=O) groups is 1. The lowest BCUT2D eigenvalue weighted by atomic mass is 9.74. The number of hydrogen-bond donors (Lipinski definition) is 2. The number of nitrogens with zero attached hydrogens (tertiary/aromatic N) is 2. The van der Waals surface area contributed by atoms with Crippen molar-refractivity contribution in [2.24, 2.45) is 5.41 Å². The van der Waals surface area contributed by atoms with Crippen LogP contribution in [0.1, 0.15) is 47.8 Å². The number of fused-ring (bicyclic) bond motifs is 1. The Balaban J connectivity index is 1.46. The predicted molar refractivity (Wildman–Crippen MR) is 134 cm³/mol. The molecule has 0 spiro atoms. The Kier molecular flexibility index (Phi) is 8.01. The molecule has 3 aromatic rings. The van der Waals surface area contributed by atoms with Gasteiger partial charge in [0.15, 0.2) is 0 Å². The number of carboxylic acids is 1. The first-order valence-electron chi connectivity index (χ1n) is 11.6. The third-order valence-corrected chi connectivity index (χ3v) is 7.66. The summed E-state index contributed by atoms with van der Waals surface area (Å²) in [4.78, 5) is 19.8. The average Bonchev–Trinajstić information content (AvgIpc) is 3.40. The van der Waals surface area contributed by atoms with Crippen LogP contribution in [0.15, 0.2) is 41.9 Å². The van der Waals surface area contributed by atoms with E-state index < -0.39 is 24.2 Å². The maximum atomic E-state index is 13.8. The largest absolute Gasteiger partial charge is 0.497 e. The van der Waals surface area contributed by atoms with E-state index >= 15 is 0 Å². The van der Waals surface area contributed by atoms with Gasteiger partial charge in [-0.2, -0.15) is 0 Å². The monoisotopic (exact) mass is 496 g/mol. The van der Waals surface area contributed by atoms with Crippen LogP contribution in [-0.2, 0) is 11.5 Å². The van der Waals surface area contributed by atoms with Crippen molar-refractivity contribution in [3.63, 3.8) is 0 Å². The molecule has 4 rings (SSSR count). The number of aliphatic hydroxyl groups is 1. The highest BCUT2D eigenvalue weighted by Crippen LogP contribution is 2.40. The number of piperidine rings is 1. The zero-order valence-corrected chi connectivity index (χ0v) is 20.5. The molecule has 1 aromatic carbocycles. The predicted octanol–water partition coefficient (Wildman–Crippen LogP) is 4.81. The highest BCUT2D eigenvalue weighted by atomic mass is 32.1. The summed E-state index contributed by atoms with van der Waals surface area (Å²) in [5, 5.41) is 23.8. The SMILES string of the molecule is COc1ccc2ncc(CF)c(C(O)CCC3(C(=O)O)CCN(CC#Cc4cccs4)CC3)c2c1. The molecule has 1 aliphatic heterocycles. The van der Waals surface area contributed by atoms with Gasteiger partial charge in [0.1, 0.15) is 12.4 Å². The van der Waals surface area contributed by atoms with E-state index in [2.05, 4.69) is 21.7 Å². The molecule has 1 fully saturated rings. The van der Waals surface area contributed by atoms with Crippen LogP contribution in [0, 0.1) is 17.3 Å². The van der Waals surface area contributed by atoms with Gasteiger partial charge in [0, 0.05) is 30.2 Å². The molecule has 6 nitrogen and oxygen atoms in total. The number of methoxy groups -OCH3 is 1. The van der Waals surface area contributed by atoms with Gasteiger partial charge in [0.2, 0.25) is 0 Å². The van der Waals surface area contributed by atoms with E-state index in [1.165, 1.54) is 6.20 Å². The maximum absolute atomic E-state index is 13.8. The van der Waals surface area contributed by atoms with E-state index in [0.29, 0.717) is 66.7 Å². The second-order valence-electron chi connectivity index (χ2n) is 8.91. The van der Waals surface area contributed by atoms with Crippen molar-refractivity contribution in [1.82, 2.24) is 9.88 Å². The van der Waals surface area contributed by atoms with E-state index in [4.69, 9.17) is 4.74 Å². The van der Waals surface area contributed by atoms with Crippen molar-refractivity contribution in [2.75, 3.05) is 26.7 Å². The molecule has 35 heavy (non-hydrogen) atoms. The van der Waals surface area contributed by atoms with Crippen LogP contribution in [0.25, 0.3) is 10.9 Å². The summed E-state index contributed by atoms with van der Waals surface area (Å²) in [7, 11) is 1.54. The minimum atomic E-state index is -1.01. The molecule has 0 amide bonds. The first kappa shape index (κ1) is 25.1. The number of likely N-dealkylation sites (tertiary alicyclic amines) is 1. The van der Waals surface area contributed by atoms with E-state index in [9.17, 15) is 19.4 Å². The Morgan fingerprint density at radius 1 is 1.34 bits per heavy atom. The lowest BCUT2D eigenvalue weighted by Gasteiger charge is -2.38. The van der Waals surface area contributed by atoms with Crippen LogP contribution in [0.2, 0.25) is 0 Å². The molecule has 2 aromatic heterocycles. The topological polar surface area (TPSA) is 82.9 Å². The quantitative estimate of drug-likeness (QED) is 0.436. The molecule has 184 valence electrons. The van der Waals surface area contributed by atoms with Crippen LogP contribution < -0.4 is 4.74 Å². The number of thiophene rings is 1. The van der Waals surface area contributed by atoms with E-state index in [0.717, 1.165) is 4.88 Å². The number of aliphatic hydroxyl groups excluding tert-OH is 1.